The summed E-state index contributed by atoms with van der Waals surface area (Å²) in [5.74, 6) is -3.37. The molecule has 0 spiro atoms. The molecule has 1 saturated carbocycles. The number of ether oxygens (including phenoxy) is 1. The number of hydrogen-bond donors (Lipinski definition) is 1. The van der Waals surface area contributed by atoms with E-state index < -0.39 is 23.2 Å². The van der Waals surface area contributed by atoms with Crippen molar-refractivity contribution in [2.24, 2.45) is 0 Å². The lowest BCUT2D eigenvalue weighted by Crippen LogP contribution is -2.42. The third-order valence-electron chi connectivity index (χ3n) is 3.87. The van der Waals surface area contributed by atoms with Crippen LogP contribution < -0.4 is 4.90 Å². The molecule has 1 aromatic rings. The Labute approximate surface area is 129 Å². The first kappa shape index (κ1) is 16.2. The molecule has 0 aliphatic heterocycles. The second-order valence-electron chi connectivity index (χ2n) is 4.98. The van der Waals surface area contributed by atoms with Crippen LogP contribution in [0.5, 0.6) is 0 Å². The predicted octanol–water partition coefficient (Wildman–Crippen LogP) is 3.13. The van der Waals surface area contributed by atoms with E-state index in [9.17, 15) is 18.7 Å². The zero-order chi connectivity index (χ0) is 15.7. The zero-order valence-electron chi connectivity index (χ0n) is 11.8. The number of aliphatic hydroxyl groups excluding tert-OH is 1. The van der Waals surface area contributed by atoms with E-state index in [0.29, 0.717) is 5.56 Å². The molecule has 0 aromatic heterocycles. The largest absolute Gasteiger partial charge is 0.465 e. The molecule has 7 heteroatoms. The smallest absolute Gasteiger partial charge is 0.343 e. The van der Waals surface area contributed by atoms with E-state index in [1.54, 1.807) is 6.92 Å². The highest BCUT2D eigenvalue weighted by Crippen LogP contribution is 2.39. The Hall–Kier alpha value is -1.21. The number of esters is 1. The average molecular weight is 364 g/mol. The second kappa shape index (κ2) is 6.27. The van der Waals surface area contributed by atoms with Crippen LogP contribution in [0.3, 0.4) is 0 Å². The summed E-state index contributed by atoms with van der Waals surface area (Å²) in [4.78, 5) is 13.4. The lowest BCUT2D eigenvalue weighted by atomic mass is 9.90. The summed E-state index contributed by atoms with van der Waals surface area (Å²) in [5, 5.41) is 9.61. The van der Waals surface area contributed by atoms with Gasteiger partial charge in [-0.15, -0.1) is 0 Å². The molecule has 0 atom stereocenters. The van der Waals surface area contributed by atoms with Gasteiger partial charge in [0.2, 0.25) is 0 Å². The highest BCUT2D eigenvalue weighted by Gasteiger charge is 2.33. The molecule has 0 heterocycles. The molecule has 0 unspecified atom stereocenters. The van der Waals surface area contributed by atoms with Crippen molar-refractivity contribution in [1.29, 1.82) is 0 Å². The van der Waals surface area contributed by atoms with Gasteiger partial charge in [0.25, 0.3) is 0 Å². The van der Waals surface area contributed by atoms with Crippen LogP contribution in [0.2, 0.25) is 0 Å². The summed E-state index contributed by atoms with van der Waals surface area (Å²) in [5.41, 5.74) is 0.0618. The Bertz CT molecular complexity index is 576. The van der Waals surface area contributed by atoms with Crippen LogP contribution >= 0.6 is 15.9 Å². The van der Waals surface area contributed by atoms with Crippen molar-refractivity contribution in [1.82, 2.24) is 0 Å². The van der Waals surface area contributed by atoms with Crippen LogP contribution in [0.1, 0.15) is 35.2 Å². The van der Waals surface area contributed by atoms with E-state index >= 15 is 0 Å². The van der Waals surface area contributed by atoms with Crippen LogP contribution in [0.25, 0.3) is 0 Å². The zero-order valence-corrected chi connectivity index (χ0v) is 13.3. The van der Waals surface area contributed by atoms with Gasteiger partial charge in [-0.3, -0.25) is 0 Å². The third-order valence-corrected chi connectivity index (χ3v) is 4.81. The SMILES string of the molecule is COC(=O)c1c(F)c(F)c(Br)c(C)c1N(CO)C1CCC1. The summed E-state index contributed by atoms with van der Waals surface area (Å²) in [7, 11) is 1.10. The van der Waals surface area contributed by atoms with Crippen LogP contribution in [-0.2, 0) is 4.74 Å². The first-order valence-corrected chi connectivity index (χ1v) is 7.36. The Morgan fingerprint density at radius 2 is 2.05 bits per heavy atom. The molecule has 1 aromatic carbocycles. The first-order chi connectivity index (χ1) is 9.93. The molecule has 0 amide bonds. The van der Waals surface area contributed by atoms with Crippen molar-refractivity contribution in [2.45, 2.75) is 32.2 Å². The number of benzene rings is 1. The number of aliphatic hydroxyl groups is 1. The lowest BCUT2D eigenvalue weighted by molar-refractivity contribution is 0.0594. The third kappa shape index (κ3) is 2.64. The van der Waals surface area contributed by atoms with Gasteiger partial charge in [-0.05, 0) is 47.7 Å². The van der Waals surface area contributed by atoms with Gasteiger partial charge in [0.05, 0.1) is 17.3 Å². The van der Waals surface area contributed by atoms with Crippen LogP contribution in [0, 0.1) is 18.6 Å². The average Bonchev–Trinajstić information content (AvgIpc) is 2.43. The van der Waals surface area contributed by atoms with Crippen molar-refractivity contribution in [3.63, 3.8) is 0 Å². The van der Waals surface area contributed by atoms with Crippen molar-refractivity contribution >= 4 is 27.6 Å². The van der Waals surface area contributed by atoms with Crippen molar-refractivity contribution < 1.29 is 23.4 Å². The van der Waals surface area contributed by atoms with E-state index in [2.05, 4.69) is 20.7 Å². The molecule has 0 saturated heterocycles. The van der Waals surface area contributed by atoms with Gasteiger partial charge in [-0.2, -0.15) is 0 Å². The van der Waals surface area contributed by atoms with Gasteiger partial charge >= 0.3 is 5.97 Å². The van der Waals surface area contributed by atoms with Gasteiger partial charge < -0.3 is 14.7 Å². The highest BCUT2D eigenvalue weighted by atomic mass is 79.9. The summed E-state index contributed by atoms with van der Waals surface area (Å²) in [6.45, 7) is 1.18. The fraction of sp³-hybridized carbons (Fsp3) is 0.500. The molecule has 0 radical (unpaired) electrons. The molecule has 2 rings (SSSR count). The highest BCUT2D eigenvalue weighted by molar-refractivity contribution is 9.10. The second-order valence-corrected chi connectivity index (χ2v) is 5.77. The topological polar surface area (TPSA) is 49.8 Å². The monoisotopic (exact) mass is 363 g/mol. The predicted molar refractivity (Wildman–Crippen MR) is 77.3 cm³/mol. The molecule has 4 nitrogen and oxygen atoms in total. The Morgan fingerprint density at radius 3 is 2.48 bits per heavy atom. The maximum Gasteiger partial charge on any atom is 0.343 e. The molecule has 1 aliphatic rings. The minimum atomic E-state index is -1.27. The normalized spacial score (nSPS) is 14.8. The summed E-state index contributed by atoms with van der Waals surface area (Å²) >= 11 is 3.00. The van der Waals surface area contributed by atoms with Crippen LogP contribution in [0.15, 0.2) is 4.47 Å². The fourth-order valence-electron chi connectivity index (χ4n) is 2.48. The molecule has 21 heavy (non-hydrogen) atoms. The van der Waals surface area contributed by atoms with E-state index in [1.165, 1.54) is 4.90 Å². The molecule has 1 fully saturated rings. The van der Waals surface area contributed by atoms with Crippen molar-refractivity contribution in [3.05, 3.63) is 27.2 Å². The van der Waals surface area contributed by atoms with E-state index in [1.807, 2.05) is 0 Å². The van der Waals surface area contributed by atoms with Gasteiger partial charge in [0.1, 0.15) is 12.3 Å². The number of carbonyl (C=O) groups is 1. The Morgan fingerprint density at radius 1 is 1.43 bits per heavy atom. The van der Waals surface area contributed by atoms with E-state index in [4.69, 9.17) is 0 Å². The number of halogens is 3. The van der Waals surface area contributed by atoms with Gasteiger partial charge in [-0.25, -0.2) is 13.6 Å². The number of carbonyl (C=O) groups excluding carboxylic acids is 1. The van der Waals surface area contributed by atoms with Gasteiger partial charge in [-0.1, -0.05) is 0 Å². The maximum atomic E-state index is 14.2. The maximum absolute atomic E-state index is 14.2. The van der Waals surface area contributed by atoms with Crippen molar-refractivity contribution in [3.8, 4) is 0 Å². The quantitative estimate of drug-likeness (QED) is 0.507. The van der Waals surface area contributed by atoms with Crippen molar-refractivity contribution in [2.75, 3.05) is 18.7 Å². The first-order valence-electron chi connectivity index (χ1n) is 6.56. The number of nitrogens with zero attached hydrogens (tertiary/aromatic N) is 1. The summed E-state index contributed by atoms with van der Waals surface area (Å²) in [6, 6.07) is 0.00821. The molecule has 0 bridgehead atoms. The molecule has 1 N–H and O–H groups in total. The Balaban J connectivity index is 2.68. The van der Waals surface area contributed by atoms with Gasteiger partial charge in [0, 0.05) is 6.04 Å². The Kier molecular flexibility index (Phi) is 4.83. The van der Waals surface area contributed by atoms with Crippen LogP contribution in [0.4, 0.5) is 14.5 Å². The minimum absolute atomic E-state index is 0.00821. The van der Waals surface area contributed by atoms with Gasteiger partial charge in [0.15, 0.2) is 11.6 Å². The molecule has 1 aliphatic carbocycles. The summed E-state index contributed by atoms with van der Waals surface area (Å²) in [6.07, 6.45) is 2.66. The van der Waals surface area contributed by atoms with E-state index in [0.717, 1.165) is 26.4 Å². The van der Waals surface area contributed by atoms with E-state index in [-0.39, 0.29) is 22.9 Å². The number of rotatable bonds is 4. The minimum Gasteiger partial charge on any atom is -0.465 e. The number of hydrogen-bond acceptors (Lipinski definition) is 4. The molecular formula is C14H16BrF2NO3. The molecular weight excluding hydrogens is 348 g/mol. The number of anilines is 1. The standard InChI is InChI=1S/C14H16BrF2NO3/c1-7-10(15)12(17)11(16)9(14(20)21-2)13(7)18(6-19)8-4-3-5-8/h8,19H,3-6H2,1-2H3. The fourth-order valence-corrected chi connectivity index (χ4v) is 2.84. The number of methoxy groups -OCH3 is 1. The molecule has 116 valence electrons. The lowest BCUT2D eigenvalue weighted by Gasteiger charge is -2.39. The summed E-state index contributed by atoms with van der Waals surface area (Å²) < 4.78 is 32.6. The van der Waals surface area contributed by atoms with Crippen LogP contribution in [-0.4, -0.2) is 31.0 Å².